The fourth-order valence-corrected chi connectivity index (χ4v) is 2.73. The van der Waals surface area contributed by atoms with Crippen LogP contribution in [0.2, 0.25) is 15.9 Å². The molecule has 0 bridgehead atoms. The van der Waals surface area contributed by atoms with Gasteiger partial charge in [0.15, 0.2) is 0 Å². The molecule has 0 amide bonds. The largest absolute Gasteiger partial charge is 0.388 e. The summed E-state index contributed by atoms with van der Waals surface area (Å²) in [7, 11) is 5.30. The summed E-state index contributed by atoms with van der Waals surface area (Å²) < 4.78 is 0. The first-order valence-corrected chi connectivity index (χ1v) is 15.0. The van der Waals surface area contributed by atoms with Gasteiger partial charge in [-0.05, 0) is 59.1 Å². The molecule has 0 spiro atoms. The number of hydrogen-bond acceptors (Lipinski definition) is 10. The predicted octanol–water partition coefficient (Wildman–Crippen LogP) is 9.36. The average molecular weight is 642 g/mol. The summed E-state index contributed by atoms with van der Waals surface area (Å²) in [6.45, 7) is 16.0. The summed E-state index contributed by atoms with van der Waals surface area (Å²) in [5.41, 5.74) is 2.05. The van der Waals surface area contributed by atoms with Crippen molar-refractivity contribution in [2.45, 2.75) is 55.4 Å². The number of halogens is 3. The van der Waals surface area contributed by atoms with Gasteiger partial charge in [0.05, 0.1) is 0 Å². The van der Waals surface area contributed by atoms with Crippen LogP contribution in [0.5, 0.6) is 0 Å². The number of aromatic nitrogens is 6. The minimum atomic E-state index is 0.0874. The first-order valence-electron chi connectivity index (χ1n) is 13.8. The molecule has 0 atom stereocenters. The Morgan fingerprint density at radius 1 is 0.405 bits per heavy atom. The smallest absolute Gasteiger partial charge is 0.233 e. The Kier molecular flexibility index (Phi) is 31.2. The van der Waals surface area contributed by atoms with Gasteiger partial charge < -0.3 is 21.3 Å². The topological polar surface area (TPSA) is 125 Å². The number of anilines is 5. The van der Waals surface area contributed by atoms with Gasteiger partial charge >= 0.3 is 0 Å². The maximum atomic E-state index is 5.75. The lowest BCUT2D eigenvalue weighted by Gasteiger charge is -2.05. The first kappa shape index (κ1) is 43.0. The van der Waals surface area contributed by atoms with Crippen molar-refractivity contribution < 1.29 is 0 Å². The molecule has 0 saturated carbocycles. The first-order chi connectivity index (χ1) is 20.4. The van der Waals surface area contributed by atoms with E-state index < -0.39 is 0 Å². The van der Waals surface area contributed by atoms with Gasteiger partial charge in [-0.25, -0.2) is 0 Å². The minimum absolute atomic E-state index is 0.0874. The van der Waals surface area contributed by atoms with E-state index in [4.69, 9.17) is 34.8 Å². The molecule has 0 aliphatic heterocycles. The van der Waals surface area contributed by atoms with E-state index in [0.717, 1.165) is 11.4 Å². The van der Waals surface area contributed by atoms with Crippen LogP contribution in [0.25, 0.3) is 0 Å². The van der Waals surface area contributed by atoms with E-state index >= 15 is 0 Å². The number of benzene rings is 2. The van der Waals surface area contributed by atoms with Crippen LogP contribution in [0.15, 0.2) is 60.7 Å². The van der Waals surface area contributed by atoms with Crippen molar-refractivity contribution in [3.8, 4) is 0 Å². The summed E-state index contributed by atoms with van der Waals surface area (Å²) in [5, 5.41) is 11.9. The van der Waals surface area contributed by atoms with E-state index in [0.29, 0.717) is 17.8 Å². The Balaban J connectivity index is -0.000000508. The lowest BCUT2D eigenvalue weighted by molar-refractivity contribution is 1.05. The van der Waals surface area contributed by atoms with Crippen LogP contribution in [0.1, 0.15) is 55.4 Å². The van der Waals surface area contributed by atoms with Gasteiger partial charge in [0.25, 0.3) is 0 Å². The molecule has 0 aliphatic rings. The molecule has 10 nitrogen and oxygen atoms in total. The predicted molar refractivity (Wildman–Crippen MR) is 185 cm³/mol. The summed E-state index contributed by atoms with van der Waals surface area (Å²) in [6, 6.07) is 19.7. The molecule has 0 unspecified atom stereocenters. The van der Waals surface area contributed by atoms with E-state index in [1.807, 2.05) is 123 Å². The zero-order chi connectivity index (χ0) is 32.8. The third kappa shape index (κ3) is 21.3. The van der Waals surface area contributed by atoms with Gasteiger partial charge in [0, 0.05) is 32.5 Å². The van der Waals surface area contributed by atoms with Crippen LogP contribution >= 0.6 is 34.8 Å². The Labute approximate surface area is 267 Å². The van der Waals surface area contributed by atoms with Crippen LogP contribution in [-0.4, -0.2) is 51.0 Å². The Morgan fingerprint density at radius 3 is 1.10 bits per heavy atom. The van der Waals surface area contributed by atoms with Crippen molar-refractivity contribution in [2.24, 2.45) is 0 Å². The molecule has 234 valence electrons. The standard InChI is InChI=1S/C10H10ClN5.C7H9N.C4H4Cl2N4.4C2H6/c1-12-9-14-8(11)15-10(16-9)13-7-5-3-2-4-6-7;1-8-7-5-3-2-4-6-7;1-7-4-9-2(5)8-3(6)10-4;4*1-2/h2-6H,1H3,(H2,12,13,14,15,16);2-6,8H,1H3;1H3,(H,7,8,9,10);4*1-2H3. The molecule has 2 aromatic heterocycles. The van der Waals surface area contributed by atoms with Crippen LogP contribution in [0.4, 0.5) is 29.2 Å². The van der Waals surface area contributed by atoms with Crippen molar-refractivity contribution in [1.82, 2.24) is 29.9 Å². The normalized spacial score (nSPS) is 8.24. The molecule has 0 saturated heterocycles. The van der Waals surface area contributed by atoms with Gasteiger partial charge in [0.2, 0.25) is 33.7 Å². The van der Waals surface area contributed by atoms with Gasteiger partial charge in [-0.3, -0.25) is 0 Å². The summed E-state index contributed by atoms with van der Waals surface area (Å²) in [5.74, 6) is 1.21. The highest BCUT2D eigenvalue weighted by Crippen LogP contribution is 2.15. The lowest BCUT2D eigenvalue weighted by atomic mass is 10.3. The molecule has 42 heavy (non-hydrogen) atoms. The van der Waals surface area contributed by atoms with Gasteiger partial charge in [-0.15, -0.1) is 0 Å². The molecule has 4 aromatic rings. The summed E-state index contributed by atoms with van der Waals surface area (Å²) in [4.78, 5) is 22.9. The van der Waals surface area contributed by atoms with Gasteiger partial charge in [-0.2, -0.15) is 29.9 Å². The maximum absolute atomic E-state index is 5.75. The highest BCUT2D eigenvalue weighted by atomic mass is 35.5. The van der Waals surface area contributed by atoms with Crippen molar-refractivity contribution in [3.63, 3.8) is 0 Å². The molecule has 13 heteroatoms. The number of nitrogens with one attached hydrogen (secondary N) is 4. The molecular formula is C29H47Cl3N10. The summed E-state index contributed by atoms with van der Waals surface area (Å²) in [6.07, 6.45) is 0. The van der Waals surface area contributed by atoms with E-state index in [1.165, 1.54) is 0 Å². The highest BCUT2D eigenvalue weighted by molar-refractivity contribution is 6.31. The average Bonchev–Trinajstić information content (AvgIpc) is 3.05. The molecule has 4 rings (SSSR count). The third-order valence-electron chi connectivity index (χ3n) is 3.73. The van der Waals surface area contributed by atoms with E-state index in [-0.39, 0.29) is 15.9 Å². The SMILES string of the molecule is CC.CC.CC.CC.CNc1ccccc1.CNc1nc(Cl)nc(Cl)n1.CNc1nc(Cl)nc(Nc2ccccc2)n1. The van der Waals surface area contributed by atoms with Crippen LogP contribution < -0.4 is 21.3 Å². The van der Waals surface area contributed by atoms with E-state index in [2.05, 4.69) is 51.2 Å². The maximum Gasteiger partial charge on any atom is 0.233 e. The second-order valence-electron chi connectivity index (χ2n) is 6.06. The fourth-order valence-electron chi connectivity index (χ4n) is 2.21. The van der Waals surface area contributed by atoms with Crippen LogP contribution in [0, 0.1) is 0 Å². The quantitative estimate of drug-likeness (QED) is 0.167. The molecule has 2 aromatic carbocycles. The van der Waals surface area contributed by atoms with Gasteiger partial charge in [-0.1, -0.05) is 91.8 Å². The second kappa shape index (κ2) is 30.5. The molecule has 4 N–H and O–H groups in total. The molecular weight excluding hydrogens is 595 g/mol. The van der Waals surface area contributed by atoms with Crippen molar-refractivity contribution in [3.05, 3.63) is 76.5 Å². The van der Waals surface area contributed by atoms with Crippen molar-refractivity contribution >= 4 is 64.0 Å². The monoisotopic (exact) mass is 640 g/mol. The minimum Gasteiger partial charge on any atom is -0.388 e. The van der Waals surface area contributed by atoms with Crippen molar-refractivity contribution in [2.75, 3.05) is 42.4 Å². The van der Waals surface area contributed by atoms with Gasteiger partial charge in [0.1, 0.15) is 0 Å². The van der Waals surface area contributed by atoms with Crippen LogP contribution in [0.3, 0.4) is 0 Å². The van der Waals surface area contributed by atoms with Crippen molar-refractivity contribution in [1.29, 1.82) is 0 Å². The summed E-state index contributed by atoms with van der Waals surface area (Å²) >= 11 is 16.6. The highest BCUT2D eigenvalue weighted by Gasteiger charge is 2.03. The zero-order valence-corrected chi connectivity index (χ0v) is 28.9. The Morgan fingerprint density at radius 2 is 0.738 bits per heavy atom. The molecule has 0 aliphatic carbocycles. The third-order valence-corrected chi connectivity index (χ3v) is 4.24. The molecule has 0 fully saturated rings. The number of nitrogens with zero attached hydrogens (tertiary/aromatic N) is 6. The lowest BCUT2D eigenvalue weighted by Crippen LogP contribution is -2.03. The second-order valence-corrected chi connectivity index (χ2v) is 7.07. The Bertz CT molecular complexity index is 1120. The van der Waals surface area contributed by atoms with E-state index in [1.54, 1.807) is 14.1 Å². The van der Waals surface area contributed by atoms with Crippen LogP contribution in [-0.2, 0) is 0 Å². The Hall–Kier alpha value is -3.47. The zero-order valence-electron chi connectivity index (χ0n) is 26.6. The number of hydrogen-bond donors (Lipinski definition) is 4. The van der Waals surface area contributed by atoms with E-state index in [9.17, 15) is 0 Å². The fraction of sp³-hybridized carbons (Fsp3) is 0.379. The number of rotatable bonds is 5. The molecule has 0 radical (unpaired) electrons. The molecule has 2 heterocycles. The number of para-hydroxylation sites is 2.